The fourth-order valence-corrected chi connectivity index (χ4v) is 1.49. The summed E-state index contributed by atoms with van der Waals surface area (Å²) >= 11 is 1.06. The Balaban J connectivity index is 3.49. The van der Waals surface area contributed by atoms with E-state index in [1.807, 2.05) is 0 Å². The van der Waals surface area contributed by atoms with Crippen LogP contribution in [0.3, 0.4) is 0 Å². The summed E-state index contributed by atoms with van der Waals surface area (Å²) in [5.74, 6) is 0. The van der Waals surface area contributed by atoms with Crippen molar-refractivity contribution >= 4 is 16.5 Å². The van der Waals surface area contributed by atoms with Gasteiger partial charge in [-0.1, -0.05) is 0 Å². The predicted octanol–water partition coefficient (Wildman–Crippen LogP) is 1.47. The van der Waals surface area contributed by atoms with Crippen molar-refractivity contribution in [2.75, 3.05) is 26.3 Å². The zero-order valence-corrected chi connectivity index (χ0v) is 14.1. The molecular weight excluding hydrogens is 217 g/mol. The molecule has 0 aliphatic heterocycles. The third kappa shape index (κ3) is 12.5. The molecule has 0 aromatic rings. The SMILES string of the molecule is CC(C)(C)OCC[N]([AlH2])CCOC(C)(C)C. The molecular formula is C12H28AlNO2. The van der Waals surface area contributed by atoms with E-state index in [9.17, 15) is 0 Å². The van der Waals surface area contributed by atoms with Gasteiger partial charge in [0.05, 0.1) is 24.4 Å². The number of rotatable bonds is 6. The van der Waals surface area contributed by atoms with Crippen molar-refractivity contribution in [2.45, 2.75) is 52.7 Å². The molecule has 0 atom stereocenters. The first kappa shape index (κ1) is 16.4. The molecule has 0 rings (SSSR count). The van der Waals surface area contributed by atoms with Gasteiger partial charge in [0, 0.05) is 13.1 Å². The molecule has 0 saturated carbocycles. The molecule has 0 N–H and O–H groups in total. The predicted molar refractivity (Wildman–Crippen MR) is 71.5 cm³/mol. The van der Waals surface area contributed by atoms with Crippen LogP contribution in [0, 0.1) is 0 Å². The first-order valence-electron chi connectivity index (χ1n) is 6.07. The Hall–Kier alpha value is 0.412. The van der Waals surface area contributed by atoms with Gasteiger partial charge in [0.1, 0.15) is 0 Å². The third-order valence-corrected chi connectivity index (χ3v) is 2.91. The van der Waals surface area contributed by atoms with Crippen molar-refractivity contribution in [1.82, 2.24) is 3.88 Å². The van der Waals surface area contributed by atoms with Crippen LogP contribution in [0.15, 0.2) is 0 Å². The van der Waals surface area contributed by atoms with Crippen LogP contribution < -0.4 is 0 Å². The smallest absolute Gasteiger partial charge is 0.322 e. The van der Waals surface area contributed by atoms with Crippen LogP contribution in [0.5, 0.6) is 0 Å². The quantitative estimate of drug-likeness (QED) is 0.661. The van der Waals surface area contributed by atoms with E-state index in [1.165, 1.54) is 0 Å². The van der Waals surface area contributed by atoms with Crippen LogP contribution in [-0.4, -0.2) is 57.9 Å². The number of ether oxygens (including phenoxy) is 2. The summed E-state index contributed by atoms with van der Waals surface area (Å²) in [4.78, 5) is 0. The lowest BCUT2D eigenvalue weighted by molar-refractivity contribution is -0.0195. The third-order valence-electron chi connectivity index (χ3n) is 2.02. The summed E-state index contributed by atoms with van der Waals surface area (Å²) < 4.78 is 13.7. The summed E-state index contributed by atoms with van der Waals surface area (Å²) in [7, 11) is 0. The minimum atomic E-state index is -0.0235. The van der Waals surface area contributed by atoms with Crippen LogP contribution >= 0.6 is 0 Å². The maximum absolute atomic E-state index is 5.69. The van der Waals surface area contributed by atoms with Gasteiger partial charge in [-0.3, -0.25) is 0 Å². The fourth-order valence-electron chi connectivity index (χ4n) is 1.13. The average molecular weight is 245 g/mol. The van der Waals surface area contributed by atoms with E-state index in [2.05, 4.69) is 45.4 Å². The largest absolute Gasteiger partial charge is 0.387 e. The van der Waals surface area contributed by atoms with Crippen LogP contribution in [0.1, 0.15) is 41.5 Å². The highest BCUT2D eigenvalue weighted by atomic mass is 27.1. The Bertz CT molecular complexity index is 164. The van der Waals surface area contributed by atoms with Crippen molar-refractivity contribution in [3.05, 3.63) is 0 Å². The molecule has 0 aromatic carbocycles. The highest BCUT2D eigenvalue weighted by Crippen LogP contribution is 2.07. The van der Waals surface area contributed by atoms with E-state index in [0.717, 1.165) is 42.8 Å². The number of hydrogen-bond acceptors (Lipinski definition) is 3. The maximum Gasteiger partial charge on any atom is 0.322 e. The van der Waals surface area contributed by atoms with Crippen LogP contribution in [0.2, 0.25) is 0 Å². The standard InChI is InChI=1S/C12H26NO2.Al.2H/c1-11(2,3)14-9-7-13-8-10-15-12(4,5)6;;;/h7-10H2,1-6H3;;;/q-1;+1;;. The minimum Gasteiger partial charge on any atom is -0.387 e. The van der Waals surface area contributed by atoms with Crippen molar-refractivity contribution in [3.8, 4) is 0 Å². The zero-order valence-electron chi connectivity index (χ0n) is 12.1. The monoisotopic (exact) mass is 245 g/mol. The van der Waals surface area contributed by atoms with Gasteiger partial charge < -0.3 is 13.4 Å². The Morgan fingerprint density at radius 2 is 1.12 bits per heavy atom. The second-order valence-electron chi connectivity index (χ2n) is 6.22. The van der Waals surface area contributed by atoms with Gasteiger partial charge in [-0.15, -0.1) is 0 Å². The summed E-state index contributed by atoms with van der Waals surface area (Å²) in [6, 6.07) is 0. The highest BCUT2D eigenvalue weighted by molar-refractivity contribution is 6.04. The molecule has 3 nitrogen and oxygen atoms in total. The molecule has 96 valence electrons. The molecule has 0 bridgehead atoms. The van der Waals surface area contributed by atoms with Gasteiger partial charge in [-0.05, 0) is 41.5 Å². The fraction of sp³-hybridized carbons (Fsp3) is 1.00. The molecule has 0 saturated heterocycles. The van der Waals surface area contributed by atoms with Gasteiger partial charge >= 0.3 is 16.5 Å². The molecule has 0 amide bonds. The molecule has 0 spiro atoms. The number of nitrogens with zero attached hydrogens (tertiary/aromatic N) is 1. The Labute approximate surface area is 109 Å². The van der Waals surface area contributed by atoms with Crippen LogP contribution in [0.25, 0.3) is 0 Å². The second-order valence-corrected chi connectivity index (χ2v) is 7.49. The summed E-state index contributed by atoms with van der Waals surface area (Å²) in [5.41, 5.74) is -0.0470. The zero-order chi connectivity index (χ0) is 12.8. The second kappa shape index (κ2) is 6.98. The van der Waals surface area contributed by atoms with Crippen molar-refractivity contribution < 1.29 is 9.47 Å². The lowest BCUT2D eigenvalue weighted by Gasteiger charge is -2.25. The van der Waals surface area contributed by atoms with E-state index >= 15 is 0 Å². The Morgan fingerprint density at radius 3 is 1.38 bits per heavy atom. The Morgan fingerprint density at radius 1 is 0.812 bits per heavy atom. The van der Waals surface area contributed by atoms with Crippen molar-refractivity contribution in [2.24, 2.45) is 0 Å². The molecule has 0 aromatic heterocycles. The van der Waals surface area contributed by atoms with E-state index < -0.39 is 0 Å². The van der Waals surface area contributed by atoms with E-state index in [4.69, 9.17) is 9.47 Å². The summed E-state index contributed by atoms with van der Waals surface area (Å²) in [6.45, 7) is 16.2. The lowest BCUT2D eigenvalue weighted by Crippen LogP contribution is -2.33. The first-order chi connectivity index (χ1) is 7.10. The van der Waals surface area contributed by atoms with Crippen LogP contribution in [-0.2, 0) is 9.47 Å². The summed E-state index contributed by atoms with van der Waals surface area (Å²) in [6.07, 6.45) is 0. The number of hydrogen-bond donors (Lipinski definition) is 0. The topological polar surface area (TPSA) is 21.7 Å². The van der Waals surface area contributed by atoms with Gasteiger partial charge in [-0.25, -0.2) is 0 Å². The lowest BCUT2D eigenvalue weighted by atomic mass is 10.2. The van der Waals surface area contributed by atoms with Gasteiger partial charge in [-0.2, -0.15) is 0 Å². The summed E-state index contributed by atoms with van der Waals surface area (Å²) in [5, 5.41) is 0. The molecule has 0 fully saturated rings. The molecule has 4 heteroatoms. The molecule has 0 aliphatic rings. The first-order valence-corrected chi connectivity index (χ1v) is 6.96. The molecule has 0 unspecified atom stereocenters. The molecule has 0 heterocycles. The average Bonchev–Trinajstić information content (AvgIpc) is 1.98. The highest BCUT2D eigenvalue weighted by Gasteiger charge is 2.11. The van der Waals surface area contributed by atoms with Gasteiger partial charge in [0.2, 0.25) is 0 Å². The van der Waals surface area contributed by atoms with Crippen molar-refractivity contribution in [3.63, 3.8) is 0 Å². The Kier molecular flexibility index (Phi) is 7.16. The van der Waals surface area contributed by atoms with Crippen molar-refractivity contribution in [1.29, 1.82) is 0 Å². The minimum absolute atomic E-state index is 0.0235. The van der Waals surface area contributed by atoms with Gasteiger partial charge in [0.25, 0.3) is 0 Å². The van der Waals surface area contributed by atoms with E-state index in [1.54, 1.807) is 0 Å². The van der Waals surface area contributed by atoms with Crippen LogP contribution in [0.4, 0.5) is 0 Å². The molecule has 16 heavy (non-hydrogen) atoms. The maximum atomic E-state index is 5.69. The van der Waals surface area contributed by atoms with E-state index in [-0.39, 0.29) is 11.2 Å². The van der Waals surface area contributed by atoms with E-state index in [0.29, 0.717) is 0 Å². The molecule has 0 aliphatic carbocycles. The van der Waals surface area contributed by atoms with Gasteiger partial charge in [0.15, 0.2) is 0 Å². The normalized spacial score (nSPS) is 13.4. The molecule has 0 radical (unpaired) electrons.